The highest BCUT2D eigenvalue weighted by Gasteiger charge is 2.28. The fourth-order valence-electron chi connectivity index (χ4n) is 2.06. The van der Waals surface area contributed by atoms with Gasteiger partial charge in [0.15, 0.2) is 0 Å². The first-order valence-corrected chi connectivity index (χ1v) is 9.23. The van der Waals surface area contributed by atoms with Gasteiger partial charge in [0.25, 0.3) is 0 Å². The highest BCUT2D eigenvalue weighted by atomic mass is 79.9. The first-order valence-electron chi connectivity index (χ1n) is 7.46. The van der Waals surface area contributed by atoms with Crippen molar-refractivity contribution in [3.05, 3.63) is 22.2 Å². The van der Waals surface area contributed by atoms with Crippen LogP contribution >= 0.6 is 27.7 Å². The maximum absolute atomic E-state index is 12.4. The topological polar surface area (TPSA) is 93.7 Å². The molecule has 2 N–H and O–H groups in total. The largest absolute Gasteiger partial charge is 0.465 e. The molecule has 0 bridgehead atoms. The Kier molecular flexibility index (Phi) is 5.99. The number of carbonyl (C=O) groups is 3. The third-order valence-corrected chi connectivity index (χ3v) is 4.95. The minimum Gasteiger partial charge on any atom is -0.465 e. The lowest BCUT2D eigenvalue weighted by Gasteiger charge is -2.22. The summed E-state index contributed by atoms with van der Waals surface area (Å²) in [5.41, 5.74) is 0.148. The van der Waals surface area contributed by atoms with Gasteiger partial charge in [-0.25, -0.2) is 9.59 Å². The van der Waals surface area contributed by atoms with Crippen molar-refractivity contribution in [2.75, 3.05) is 18.2 Å². The number of nitrogens with one attached hydrogen (secondary N) is 2. The van der Waals surface area contributed by atoms with Crippen LogP contribution < -0.4 is 10.6 Å². The Balaban J connectivity index is 2.17. The van der Waals surface area contributed by atoms with Gasteiger partial charge in [0, 0.05) is 15.1 Å². The van der Waals surface area contributed by atoms with E-state index in [4.69, 9.17) is 9.47 Å². The Morgan fingerprint density at radius 3 is 2.64 bits per heavy atom. The molecule has 2 rings (SSSR count). The predicted octanol–water partition coefficient (Wildman–Crippen LogP) is 3.17. The standard InChI is InChI=1S/C16H19BrN2O5S/c1-16(2,3)24-15(22)19-11-7-25-12-6-9(17)8(14(21)23-4)5-10(12)18-13(11)20/h5-6,11H,7H2,1-4H3,(H,18,20)(H,19,22)/t11-/m0/s1. The predicted molar refractivity (Wildman–Crippen MR) is 98.0 cm³/mol. The normalized spacial score (nSPS) is 17.0. The van der Waals surface area contributed by atoms with Crippen LogP contribution in [0.4, 0.5) is 10.5 Å². The van der Waals surface area contributed by atoms with E-state index in [1.54, 1.807) is 32.9 Å². The fourth-order valence-corrected chi connectivity index (χ4v) is 3.77. The van der Waals surface area contributed by atoms with Gasteiger partial charge in [0.05, 0.1) is 18.4 Å². The molecule has 1 aromatic rings. The van der Waals surface area contributed by atoms with Crippen LogP contribution in [-0.2, 0) is 14.3 Å². The van der Waals surface area contributed by atoms with Crippen LogP contribution in [-0.4, -0.2) is 42.5 Å². The number of thioether (sulfide) groups is 1. The summed E-state index contributed by atoms with van der Waals surface area (Å²) in [6.07, 6.45) is -0.657. The first-order chi connectivity index (χ1) is 11.6. The monoisotopic (exact) mass is 430 g/mol. The number of amides is 2. The molecular weight excluding hydrogens is 412 g/mol. The molecule has 1 atom stereocenters. The number of alkyl carbamates (subject to hydrolysis) is 1. The van der Waals surface area contributed by atoms with Gasteiger partial charge >= 0.3 is 12.1 Å². The lowest BCUT2D eigenvalue weighted by atomic mass is 10.2. The van der Waals surface area contributed by atoms with Crippen molar-refractivity contribution in [1.82, 2.24) is 5.32 Å². The molecule has 136 valence electrons. The van der Waals surface area contributed by atoms with E-state index in [2.05, 4.69) is 26.6 Å². The molecule has 0 spiro atoms. The maximum atomic E-state index is 12.4. The molecule has 0 unspecified atom stereocenters. The lowest BCUT2D eigenvalue weighted by molar-refractivity contribution is -0.117. The summed E-state index contributed by atoms with van der Waals surface area (Å²) in [6, 6.07) is 2.53. The number of esters is 1. The molecule has 9 heteroatoms. The second-order valence-corrected chi connectivity index (χ2v) is 8.24. The highest BCUT2D eigenvalue weighted by Crippen LogP contribution is 2.35. The van der Waals surface area contributed by atoms with Gasteiger partial charge in [-0.15, -0.1) is 11.8 Å². The fraction of sp³-hybridized carbons (Fsp3) is 0.438. The van der Waals surface area contributed by atoms with Crippen LogP contribution in [0.25, 0.3) is 0 Å². The molecule has 2 amide bonds. The Labute approximate surface area is 158 Å². The molecule has 1 heterocycles. The van der Waals surface area contributed by atoms with Crippen molar-refractivity contribution in [1.29, 1.82) is 0 Å². The molecule has 0 fully saturated rings. The Morgan fingerprint density at radius 2 is 2.04 bits per heavy atom. The minimum atomic E-state index is -0.757. The molecule has 0 aliphatic carbocycles. The van der Waals surface area contributed by atoms with E-state index in [0.717, 1.165) is 4.90 Å². The molecule has 25 heavy (non-hydrogen) atoms. The minimum absolute atomic E-state index is 0.306. The summed E-state index contributed by atoms with van der Waals surface area (Å²) in [5, 5.41) is 5.29. The number of ether oxygens (including phenoxy) is 2. The van der Waals surface area contributed by atoms with Crippen molar-refractivity contribution in [3.63, 3.8) is 0 Å². The average Bonchev–Trinajstić information content (AvgIpc) is 2.63. The third kappa shape index (κ3) is 5.12. The zero-order chi connectivity index (χ0) is 18.8. The Morgan fingerprint density at radius 1 is 1.36 bits per heavy atom. The Hall–Kier alpha value is -1.74. The van der Waals surface area contributed by atoms with E-state index in [9.17, 15) is 14.4 Å². The summed E-state index contributed by atoms with van der Waals surface area (Å²) in [5.74, 6) is -0.556. The second-order valence-electron chi connectivity index (χ2n) is 6.32. The number of fused-ring (bicyclic) bond motifs is 1. The van der Waals surface area contributed by atoms with Crippen molar-refractivity contribution in [3.8, 4) is 0 Å². The number of halogens is 1. The van der Waals surface area contributed by atoms with Gasteiger partial charge < -0.3 is 20.1 Å². The van der Waals surface area contributed by atoms with E-state index in [1.165, 1.54) is 18.9 Å². The number of benzene rings is 1. The SMILES string of the molecule is COC(=O)c1cc2c(cc1Br)SC[C@H](NC(=O)OC(C)(C)C)C(=O)N2. The molecule has 1 aromatic carbocycles. The van der Waals surface area contributed by atoms with Crippen LogP contribution in [0.5, 0.6) is 0 Å². The average molecular weight is 431 g/mol. The van der Waals surface area contributed by atoms with Gasteiger partial charge in [-0.1, -0.05) is 0 Å². The molecular formula is C16H19BrN2O5S. The van der Waals surface area contributed by atoms with E-state index in [0.29, 0.717) is 21.5 Å². The van der Waals surface area contributed by atoms with Crippen molar-refractivity contribution in [2.24, 2.45) is 0 Å². The zero-order valence-electron chi connectivity index (χ0n) is 14.3. The van der Waals surface area contributed by atoms with Crippen molar-refractivity contribution >= 4 is 51.3 Å². The first kappa shape index (κ1) is 19.6. The van der Waals surface area contributed by atoms with Gasteiger partial charge in [-0.2, -0.15) is 0 Å². The molecule has 0 radical (unpaired) electrons. The smallest absolute Gasteiger partial charge is 0.408 e. The van der Waals surface area contributed by atoms with Crippen LogP contribution in [0.15, 0.2) is 21.5 Å². The van der Waals surface area contributed by atoms with Gasteiger partial charge in [-0.05, 0) is 48.8 Å². The van der Waals surface area contributed by atoms with Crippen LogP contribution in [0.2, 0.25) is 0 Å². The number of hydrogen-bond donors (Lipinski definition) is 2. The lowest BCUT2D eigenvalue weighted by Crippen LogP contribution is -2.46. The van der Waals surface area contributed by atoms with Crippen LogP contribution in [0.3, 0.4) is 0 Å². The molecule has 0 saturated carbocycles. The number of anilines is 1. The van der Waals surface area contributed by atoms with Gasteiger partial charge in [-0.3, -0.25) is 4.79 Å². The summed E-state index contributed by atoms with van der Waals surface area (Å²) < 4.78 is 10.5. The number of hydrogen-bond acceptors (Lipinski definition) is 6. The van der Waals surface area contributed by atoms with E-state index in [1.807, 2.05) is 0 Å². The summed E-state index contributed by atoms with van der Waals surface area (Å²) >= 11 is 4.72. The molecule has 0 aromatic heterocycles. The summed E-state index contributed by atoms with van der Waals surface area (Å²) in [4.78, 5) is 36.9. The zero-order valence-corrected chi connectivity index (χ0v) is 16.7. The van der Waals surface area contributed by atoms with Crippen LogP contribution in [0.1, 0.15) is 31.1 Å². The molecule has 7 nitrogen and oxygen atoms in total. The number of carbonyl (C=O) groups excluding carboxylic acids is 3. The van der Waals surface area contributed by atoms with Gasteiger partial charge in [0.1, 0.15) is 11.6 Å². The molecule has 1 aliphatic rings. The number of methoxy groups -OCH3 is 1. The van der Waals surface area contributed by atoms with E-state index >= 15 is 0 Å². The van der Waals surface area contributed by atoms with E-state index in [-0.39, 0.29) is 5.91 Å². The second kappa shape index (κ2) is 7.65. The van der Waals surface area contributed by atoms with Crippen LogP contribution in [0, 0.1) is 0 Å². The highest BCUT2D eigenvalue weighted by molar-refractivity contribution is 9.10. The quantitative estimate of drug-likeness (QED) is 0.699. The van der Waals surface area contributed by atoms with E-state index < -0.39 is 23.7 Å². The van der Waals surface area contributed by atoms with Crippen molar-refractivity contribution in [2.45, 2.75) is 37.3 Å². The summed E-state index contributed by atoms with van der Waals surface area (Å²) in [7, 11) is 1.29. The Bertz CT molecular complexity index is 717. The third-order valence-electron chi connectivity index (χ3n) is 3.15. The maximum Gasteiger partial charge on any atom is 0.408 e. The van der Waals surface area contributed by atoms with Gasteiger partial charge in [0.2, 0.25) is 5.91 Å². The number of rotatable bonds is 2. The molecule has 0 saturated heterocycles. The summed E-state index contributed by atoms with van der Waals surface area (Å²) in [6.45, 7) is 5.24. The van der Waals surface area contributed by atoms with Crippen molar-refractivity contribution < 1.29 is 23.9 Å². The molecule has 1 aliphatic heterocycles.